The fraction of sp³-hybridized carbons (Fsp3) is 0.0451. The van der Waals surface area contributed by atoms with Gasteiger partial charge in [-0.3, -0.25) is 24.0 Å². The second-order valence-corrected chi connectivity index (χ2v) is 38.2. The first-order valence-corrected chi connectivity index (χ1v) is 49.4. The fourth-order valence-corrected chi connectivity index (χ4v) is 22.4. The van der Waals surface area contributed by atoms with Crippen LogP contribution in [-0.2, 0) is 0 Å². The summed E-state index contributed by atoms with van der Waals surface area (Å²) in [6.07, 6.45) is 0. The van der Waals surface area contributed by atoms with Crippen molar-refractivity contribution in [2.24, 2.45) is 0 Å². The molecule has 8 aromatic heterocycles. The molecule has 0 amide bonds. The standard InChI is InChI=1S/C47H32N4O2.C43H29N3O.C43H32N2/c1-29-18-22-37-38-26-33(20-24-45(38)50(47(37)30(29)2)42-16-8-13-31-10-6-7-14-36(31)42)34-19-23-43-39(27-34)40-28-35(51(52)53)21-25-44(40)49(43)46-17-9-15-41(48-46)32-11-4-3-5-12-32;1-28(47)33-17-10-20-41-43(33)36-27-31(23-25-40(36)46(41)42-21-11-18-37(44-42)29-12-4-2-5-13-29)30-22-24-39-35(26-30)34-16-8-9-19-38(34)45(39)32-14-6-3-7-15-32;1-28(2)30-17-21-42-38(25-30)39-27-33(19-23-43(39)45(42)35-20-16-29-10-6-7-11-31(29)24-35)32-18-22-41-37(26-32)36-14-8-9-15-40(36)44(41)34-12-4-3-5-13-34/h3-28H,1-2H3;2-27H,1H3;3-28H,1-2H3. The number of para-hydroxylation sites is 4. The van der Waals surface area contributed by atoms with Crippen molar-refractivity contribution in [1.29, 1.82) is 0 Å². The number of nitro benzene ring substituents is 1. The highest BCUT2D eigenvalue weighted by molar-refractivity contribution is 6.21. The van der Waals surface area contributed by atoms with E-state index in [2.05, 4.69) is 407 Å². The molecule has 28 rings (SSSR count). The molecule has 0 aliphatic heterocycles. The molecule has 12 nitrogen and oxygen atoms in total. The number of hydrogen-bond acceptors (Lipinski definition) is 5. The van der Waals surface area contributed by atoms with E-state index in [9.17, 15) is 14.9 Å². The summed E-state index contributed by atoms with van der Waals surface area (Å²) in [5, 5.41) is 30.6. The number of carbonyl (C=O) groups is 1. The fourth-order valence-electron chi connectivity index (χ4n) is 22.4. The molecule has 0 radical (unpaired) electrons. The van der Waals surface area contributed by atoms with E-state index < -0.39 is 0 Å². The maximum absolute atomic E-state index is 13.0. The van der Waals surface area contributed by atoms with Crippen LogP contribution >= 0.6 is 0 Å². The summed E-state index contributed by atoms with van der Waals surface area (Å²) < 4.78 is 13.9. The van der Waals surface area contributed by atoms with Gasteiger partial charge in [-0.2, -0.15) is 0 Å². The van der Waals surface area contributed by atoms with E-state index in [1.807, 2.05) is 103 Å². The van der Waals surface area contributed by atoms with Crippen LogP contribution in [0.5, 0.6) is 0 Å². The Morgan fingerprint density at radius 2 is 0.648 bits per heavy atom. The molecule has 0 saturated carbocycles. The molecule has 0 atom stereocenters. The molecule has 0 spiro atoms. The number of ketones is 1. The van der Waals surface area contributed by atoms with Crippen LogP contribution in [0.3, 0.4) is 0 Å². The van der Waals surface area contributed by atoms with Gasteiger partial charge in [-0.1, -0.05) is 293 Å². The average molecular weight is 1870 g/mol. The molecule has 0 aliphatic carbocycles. The number of benzene rings is 20. The van der Waals surface area contributed by atoms with E-state index in [0.29, 0.717) is 11.5 Å². The molecule has 20 aromatic carbocycles. The Morgan fingerprint density at radius 3 is 1.17 bits per heavy atom. The van der Waals surface area contributed by atoms with Crippen molar-refractivity contribution in [3.63, 3.8) is 0 Å². The van der Waals surface area contributed by atoms with Gasteiger partial charge in [0.25, 0.3) is 5.69 Å². The highest BCUT2D eigenvalue weighted by Gasteiger charge is 2.27. The number of hydrogen-bond donors (Lipinski definition) is 0. The minimum absolute atomic E-state index is 0.0428. The second kappa shape index (κ2) is 35.2. The third-order valence-electron chi connectivity index (χ3n) is 29.5. The van der Waals surface area contributed by atoms with E-state index in [-0.39, 0.29) is 16.4 Å². The molecule has 28 aromatic rings. The number of aromatic nitrogens is 8. The highest BCUT2D eigenvalue weighted by atomic mass is 16.6. The second-order valence-electron chi connectivity index (χ2n) is 38.2. The molecular weight excluding hydrogens is 1770 g/mol. The Labute approximate surface area is 835 Å². The third-order valence-corrected chi connectivity index (χ3v) is 29.5. The van der Waals surface area contributed by atoms with E-state index in [4.69, 9.17) is 9.97 Å². The molecular formula is C133H93N9O3. The van der Waals surface area contributed by atoms with E-state index in [1.165, 1.54) is 142 Å². The number of non-ortho nitro benzene ring substituents is 1. The van der Waals surface area contributed by atoms with Crippen molar-refractivity contribution in [2.75, 3.05) is 0 Å². The number of nitro groups is 1. The molecule has 0 bridgehead atoms. The molecule has 145 heavy (non-hydrogen) atoms. The lowest BCUT2D eigenvalue weighted by Gasteiger charge is -2.13. The summed E-state index contributed by atoms with van der Waals surface area (Å²) in [6.45, 7) is 10.6. The summed E-state index contributed by atoms with van der Waals surface area (Å²) in [7, 11) is 0. The quantitative estimate of drug-likeness (QED) is 0.0611. The number of aryl methyl sites for hydroxylation is 2. The number of rotatable bonds is 14. The van der Waals surface area contributed by atoms with Crippen molar-refractivity contribution < 1.29 is 9.72 Å². The lowest BCUT2D eigenvalue weighted by atomic mass is 9.98. The maximum atomic E-state index is 13.0. The van der Waals surface area contributed by atoms with Gasteiger partial charge in [0.1, 0.15) is 11.6 Å². The van der Waals surface area contributed by atoms with Crippen LogP contribution < -0.4 is 0 Å². The Bertz CT molecular complexity index is 10200. The maximum Gasteiger partial charge on any atom is 0.270 e. The van der Waals surface area contributed by atoms with Crippen molar-refractivity contribution in [3.8, 4) is 90.3 Å². The van der Waals surface area contributed by atoms with Crippen LogP contribution in [0.4, 0.5) is 5.69 Å². The average Bonchev–Trinajstić information content (AvgIpc) is 1.57. The van der Waals surface area contributed by atoms with Gasteiger partial charge in [0.05, 0.1) is 88.2 Å². The van der Waals surface area contributed by atoms with Gasteiger partial charge < -0.3 is 18.3 Å². The Kier molecular flexibility index (Phi) is 21.0. The third kappa shape index (κ3) is 14.7. The van der Waals surface area contributed by atoms with Gasteiger partial charge in [0.15, 0.2) is 5.78 Å². The van der Waals surface area contributed by atoms with Crippen molar-refractivity contribution in [1.82, 2.24) is 37.4 Å². The molecule has 688 valence electrons. The molecule has 0 unspecified atom stereocenters. The van der Waals surface area contributed by atoms with Gasteiger partial charge >= 0.3 is 0 Å². The van der Waals surface area contributed by atoms with Gasteiger partial charge in [0, 0.05) is 116 Å². The predicted octanol–water partition coefficient (Wildman–Crippen LogP) is 34.9. The van der Waals surface area contributed by atoms with Crippen LogP contribution in [0.25, 0.3) is 243 Å². The lowest BCUT2D eigenvalue weighted by Crippen LogP contribution is -1.99. The number of pyridine rings is 2. The molecule has 12 heteroatoms. The number of carbonyl (C=O) groups excluding carboxylic acids is 1. The van der Waals surface area contributed by atoms with Crippen LogP contribution in [0.15, 0.2) is 467 Å². The van der Waals surface area contributed by atoms with Crippen molar-refractivity contribution in [3.05, 3.63) is 499 Å². The zero-order valence-corrected chi connectivity index (χ0v) is 80.3. The topological polar surface area (TPSA) is 116 Å². The SMILES string of the molecule is CC(=O)c1cccc2c1c1cc(-c3ccc4c(c3)c3ccccc3n4-c3ccccc3)ccc1n2-c1cccc(-c2ccccc2)n1.CC(C)c1ccc2c(c1)c1cc(-c3ccc4c(c3)c3ccccc3n4-c3ccccc3)ccc1n2-c1ccc2ccccc2c1.Cc1ccc2c3cc(-c4ccc5c(c4)c4cc([N+](=O)[O-])ccc4n5-c4cccc(-c5ccccc5)n4)ccc3n(-c3cccc4ccccc34)c2c1C. The highest BCUT2D eigenvalue weighted by Crippen LogP contribution is 2.47. The van der Waals surface area contributed by atoms with E-state index in [1.54, 1.807) is 19.1 Å². The minimum atomic E-state index is -0.329. The largest absolute Gasteiger partial charge is 0.309 e. The molecule has 0 aliphatic rings. The lowest BCUT2D eigenvalue weighted by molar-refractivity contribution is -0.384. The van der Waals surface area contributed by atoms with Crippen molar-refractivity contribution in [2.45, 2.75) is 40.5 Å². The Balaban J connectivity index is 0.000000111. The zero-order chi connectivity index (χ0) is 97.3. The predicted molar refractivity (Wildman–Crippen MR) is 603 cm³/mol. The first-order valence-electron chi connectivity index (χ1n) is 49.4. The van der Waals surface area contributed by atoms with Crippen molar-refractivity contribution >= 4 is 164 Å². The van der Waals surface area contributed by atoms with Crippen LogP contribution in [0.1, 0.15) is 53.7 Å². The Hall–Kier alpha value is -18.9. The minimum Gasteiger partial charge on any atom is -0.309 e. The van der Waals surface area contributed by atoms with Gasteiger partial charge in [-0.25, -0.2) is 9.97 Å². The monoisotopic (exact) mass is 1860 g/mol. The smallest absolute Gasteiger partial charge is 0.270 e. The molecule has 8 heterocycles. The van der Waals surface area contributed by atoms with E-state index in [0.717, 1.165) is 117 Å². The number of Topliss-reactive ketones (excluding diaryl/α,β-unsaturated/α-hetero) is 1. The first-order chi connectivity index (χ1) is 71.2. The summed E-state index contributed by atoms with van der Waals surface area (Å²) in [6, 6.07) is 164. The Morgan fingerprint density at radius 1 is 0.269 bits per heavy atom. The van der Waals surface area contributed by atoms with Crippen LogP contribution in [0, 0.1) is 24.0 Å². The van der Waals surface area contributed by atoms with Crippen LogP contribution in [0.2, 0.25) is 0 Å². The summed E-state index contributed by atoms with van der Waals surface area (Å²) in [4.78, 5) is 34.8. The summed E-state index contributed by atoms with van der Waals surface area (Å²) in [5.74, 6) is 2.07. The number of fused-ring (bicyclic) bond motifs is 20. The van der Waals surface area contributed by atoms with Crippen LogP contribution in [-0.4, -0.2) is 48.1 Å². The summed E-state index contributed by atoms with van der Waals surface area (Å²) in [5.41, 5.74) is 33.3. The van der Waals surface area contributed by atoms with Gasteiger partial charge in [-0.15, -0.1) is 0 Å². The zero-order valence-electron chi connectivity index (χ0n) is 80.3. The molecule has 0 fully saturated rings. The number of nitrogens with zero attached hydrogens (tertiary/aromatic N) is 9. The van der Waals surface area contributed by atoms with E-state index >= 15 is 0 Å². The molecule has 0 N–H and O–H groups in total. The first kappa shape index (κ1) is 86.4. The van der Waals surface area contributed by atoms with Gasteiger partial charge in [-0.05, 0) is 269 Å². The normalized spacial score (nSPS) is 11.8. The van der Waals surface area contributed by atoms with Gasteiger partial charge in [0.2, 0.25) is 0 Å². The molecule has 0 saturated heterocycles. The summed E-state index contributed by atoms with van der Waals surface area (Å²) >= 11 is 0.